The molecule has 0 aliphatic carbocycles. The van der Waals surface area contributed by atoms with Crippen LogP contribution in [-0.2, 0) is 19.0 Å². The van der Waals surface area contributed by atoms with E-state index in [0.29, 0.717) is 13.2 Å². The third-order valence-corrected chi connectivity index (χ3v) is 2.86. The Morgan fingerprint density at radius 1 is 1.47 bits per heavy atom. The second kappa shape index (κ2) is 3.43. The van der Waals surface area contributed by atoms with Crippen molar-refractivity contribution in [1.29, 1.82) is 0 Å². The van der Waals surface area contributed by atoms with Crippen LogP contribution in [0.25, 0.3) is 0 Å². The third kappa shape index (κ3) is 2.00. The molecule has 0 saturated carbocycles. The van der Waals surface area contributed by atoms with Crippen molar-refractivity contribution < 1.29 is 19.0 Å². The highest BCUT2D eigenvalue weighted by Crippen LogP contribution is 2.36. The molecule has 0 amide bonds. The Balaban J connectivity index is 2.01. The number of esters is 1. The molecule has 0 aromatic rings. The smallest absolute Gasteiger partial charge is 0.325 e. The Labute approximate surface area is 89.1 Å². The van der Waals surface area contributed by atoms with Crippen LogP contribution < -0.4 is 5.32 Å². The summed E-state index contributed by atoms with van der Waals surface area (Å²) in [7, 11) is 1.38. The highest BCUT2D eigenvalue weighted by atomic mass is 16.6. The van der Waals surface area contributed by atoms with E-state index >= 15 is 0 Å². The van der Waals surface area contributed by atoms with Gasteiger partial charge in [0.25, 0.3) is 0 Å². The van der Waals surface area contributed by atoms with Crippen LogP contribution in [0.5, 0.6) is 0 Å². The van der Waals surface area contributed by atoms with E-state index in [1.807, 2.05) is 13.8 Å². The number of hydrogen-bond acceptors (Lipinski definition) is 5. The summed E-state index contributed by atoms with van der Waals surface area (Å²) in [5.74, 6) is -0.281. The molecule has 15 heavy (non-hydrogen) atoms. The van der Waals surface area contributed by atoms with Gasteiger partial charge in [0.15, 0.2) is 0 Å². The summed E-state index contributed by atoms with van der Waals surface area (Å²) in [4.78, 5) is 11.3. The van der Waals surface area contributed by atoms with Crippen LogP contribution in [0.3, 0.4) is 0 Å². The average Bonchev–Trinajstić information content (AvgIpc) is 2.70. The Morgan fingerprint density at radius 2 is 2.20 bits per heavy atom. The van der Waals surface area contributed by atoms with E-state index in [9.17, 15) is 4.79 Å². The van der Waals surface area contributed by atoms with Crippen LogP contribution in [0.1, 0.15) is 20.3 Å². The molecule has 2 atom stereocenters. The summed E-state index contributed by atoms with van der Waals surface area (Å²) >= 11 is 0. The molecule has 2 fully saturated rings. The van der Waals surface area contributed by atoms with E-state index in [1.54, 1.807) is 0 Å². The van der Waals surface area contributed by atoms with E-state index in [0.717, 1.165) is 6.42 Å². The Bertz CT molecular complexity index is 279. The Kier molecular flexibility index (Phi) is 2.48. The van der Waals surface area contributed by atoms with Gasteiger partial charge in [-0.15, -0.1) is 0 Å². The van der Waals surface area contributed by atoms with E-state index < -0.39 is 5.72 Å². The molecule has 1 N–H and O–H groups in total. The Morgan fingerprint density at radius 3 is 2.73 bits per heavy atom. The molecule has 0 bridgehead atoms. The second-order valence-corrected chi connectivity index (χ2v) is 4.75. The van der Waals surface area contributed by atoms with Crippen molar-refractivity contribution in [2.24, 2.45) is 0 Å². The highest BCUT2D eigenvalue weighted by Gasteiger charge is 2.51. The van der Waals surface area contributed by atoms with Crippen LogP contribution in [0.15, 0.2) is 0 Å². The van der Waals surface area contributed by atoms with Crippen molar-refractivity contribution in [1.82, 2.24) is 5.32 Å². The summed E-state index contributed by atoms with van der Waals surface area (Å²) in [6, 6.07) is -0.368. The summed E-state index contributed by atoms with van der Waals surface area (Å²) in [6.07, 6.45) is 0.744. The van der Waals surface area contributed by atoms with Gasteiger partial charge in [-0.3, -0.25) is 10.1 Å². The van der Waals surface area contributed by atoms with Gasteiger partial charge in [0.05, 0.1) is 25.9 Å². The van der Waals surface area contributed by atoms with Gasteiger partial charge in [0, 0.05) is 6.42 Å². The van der Waals surface area contributed by atoms with Gasteiger partial charge >= 0.3 is 5.97 Å². The largest absolute Gasteiger partial charge is 0.468 e. The molecule has 0 aromatic heterocycles. The SMILES string of the molecule is COC(=O)C1COC2(COC(C)(C)C2)N1. The minimum atomic E-state index is -0.498. The molecule has 2 aliphatic rings. The summed E-state index contributed by atoms with van der Waals surface area (Å²) in [5.41, 5.74) is -0.694. The lowest BCUT2D eigenvalue weighted by Crippen LogP contribution is -2.48. The van der Waals surface area contributed by atoms with Crippen LogP contribution in [-0.4, -0.2) is 43.7 Å². The normalized spacial score (nSPS) is 38.5. The minimum absolute atomic E-state index is 0.196. The maximum absolute atomic E-state index is 11.3. The molecule has 2 heterocycles. The van der Waals surface area contributed by atoms with Crippen molar-refractivity contribution in [2.45, 2.75) is 37.6 Å². The number of hydrogen-bond donors (Lipinski definition) is 1. The van der Waals surface area contributed by atoms with Crippen molar-refractivity contribution in [3.05, 3.63) is 0 Å². The van der Waals surface area contributed by atoms with E-state index in [4.69, 9.17) is 9.47 Å². The quantitative estimate of drug-likeness (QED) is 0.626. The van der Waals surface area contributed by atoms with E-state index in [2.05, 4.69) is 10.1 Å². The molecule has 5 heteroatoms. The van der Waals surface area contributed by atoms with E-state index in [-0.39, 0.29) is 17.6 Å². The average molecular weight is 215 g/mol. The number of carbonyl (C=O) groups is 1. The molecule has 0 aromatic carbocycles. The molecule has 2 unspecified atom stereocenters. The number of nitrogens with one attached hydrogen (secondary N) is 1. The topological polar surface area (TPSA) is 56.8 Å². The zero-order valence-electron chi connectivity index (χ0n) is 9.33. The number of rotatable bonds is 1. The van der Waals surface area contributed by atoms with E-state index in [1.165, 1.54) is 7.11 Å². The fourth-order valence-corrected chi connectivity index (χ4v) is 2.20. The van der Waals surface area contributed by atoms with Gasteiger partial charge in [0.1, 0.15) is 11.8 Å². The van der Waals surface area contributed by atoms with Gasteiger partial charge in [0.2, 0.25) is 0 Å². The van der Waals surface area contributed by atoms with Gasteiger partial charge in [-0.2, -0.15) is 0 Å². The van der Waals surface area contributed by atoms with Crippen LogP contribution >= 0.6 is 0 Å². The van der Waals surface area contributed by atoms with Crippen molar-refractivity contribution in [3.8, 4) is 0 Å². The number of carbonyl (C=O) groups excluding carboxylic acids is 1. The minimum Gasteiger partial charge on any atom is -0.468 e. The standard InChI is InChI=1S/C10H17NO4/c1-9(2)5-10(6-15-9)11-7(4-14-10)8(12)13-3/h7,11H,4-6H2,1-3H3. The lowest BCUT2D eigenvalue weighted by atomic mass is 10.0. The summed E-state index contributed by atoms with van der Waals surface area (Å²) in [5, 5.41) is 3.15. The molecule has 0 radical (unpaired) electrons. The van der Waals surface area contributed by atoms with Crippen LogP contribution in [0, 0.1) is 0 Å². The lowest BCUT2D eigenvalue weighted by molar-refractivity contribution is -0.142. The Hall–Kier alpha value is -0.650. The lowest BCUT2D eigenvalue weighted by Gasteiger charge is -2.22. The van der Waals surface area contributed by atoms with Gasteiger partial charge in [-0.1, -0.05) is 0 Å². The number of methoxy groups -OCH3 is 1. The first-order valence-electron chi connectivity index (χ1n) is 5.10. The van der Waals surface area contributed by atoms with Gasteiger partial charge in [-0.25, -0.2) is 0 Å². The highest BCUT2D eigenvalue weighted by molar-refractivity contribution is 5.76. The summed E-state index contributed by atoms with van der Waals surface area (Å²) < 4.78 is 15.9. The fraction of sp³-hybridized carbons (Fsp3) is 0.900. The second-order valence-electron chi connectivity index (χ2n) is 4.75. The van der Waals surface area contributed by atoms with Crippen LogP contribution in [0.2, 0.25) is 0 Å². The van der Waals surface area contributed by atoms with Gasteiger partial charge < -0.3 is 14.2 Å². The van der Waals surface area contributed by atoms with Crippen molar-refractivity contribution in [2.75, 3.05) is 20.3 Å². The molecule has 2 aliphatic heterocycles. The molecular formula is C10H17NO4. The monoisotopic (exact) mass is 215 g/mol. The first-order chi connectivity index (χ1) is 6.96. The number of ether oxygens (including phenoxy) is 3. The summed E-state index contributed by atoms with van der Waals surface area (Å²) in [6.45, 7) is 4.86. The first kappa shape index (κ1) is 10.9. The predicted molar refractivity (Wildman–Crippen MR) is 52.3 cm³/mol. The molecule has 5 nitrogen and oxygen atoms in total. The first-order valence-corrected chi connectivity index (χ1v) is 5.10. The maximum atomic E-state index is 11.3. The van der Waals surface area contributed by atoms with Gasteiger partial charge in [-0.05, 0) is 13.8 Å². The molecular weight excluding hydrogens is 198 g/mol. The zero-order chi connectivity index (χ0) is 11.1. The van der Waals surface area contributed by atoms with Crippen LogP contribution in [0.4, 0.5) is 0 Å². The molecule has 2 saturated heterocycles. The molecule has 86 valence electrons. The fourth-order valence-electron chi connectivity index (χ4n) is 2.20. The van der Waals surface area contributed by atoms with Crippen molar-refractivity contribution >= 4 is 5.97 Å². The zero-order valence-corrected chi connectivity index (χ0v) is 9.33. The maximum Gasteiger partial charge on any atom is 0.325 e. The molecule has 2 rings (SSSR count). The molecule has 1 spiro atoms. The van der Waals surface area contributed by atoms with Crippen molar-refractivity contribution in [3.63, 3.8) is 0 Å². The third-order valence-electron chi connectivity index (χ3n) is 2.86. The predicted octanol–water partition coefficient (Wildman–Crippen LogP) is 0.0430.